The minimum Gasteiger partial charge on any atom is -0.481 e. The third-order valence-electron chi connectivity index (χ3n) is 8.34. The van der Waals surface area contributed by atoms with Gasteiger partial charge in [-0.1, -0.05) is 180 Å². The van der Waals surface area contributed by atoms with Crippen LogP contribution in [0, 0.1) is 5.92 Å². The molecule has 0 aliphatic rings. The van der Waals surface area contributed by atoms with Gasteiger partial charge in [-0.3, -0.25) is 4.79 Å². The number of hydrogen-bond acceptors (Lipinski definition) is 1. The van der Waals surface area contributed by atoms with E-state index in [4.69, 9.17) is 5.11 Å². The van der Waals surface area contributed by atoms with Gasteiger partial charge in [0.2, 0.25) is 0 Å². The molecule has 226 valence electrons. The molecule has 0 aliphatic carbocycles. The summed E-state index contributed by atoms with van der Waals surface area (Å²) in [5, 5.41) is 8.65. The van der Waals surface area contributed by atoms with E-state index in [2.05, 4.69) is 26.0 Å². The SMILES string of the molecule is CCCCCCCCCCCC(CCCCCC)CCCCCCCCC=CCCCCCCCC(=O)O. The molecular formula is C36H70O2. The van der Waals surface area contributed by atoms with Crippen LogP contribution in [0.2, 0.25) is 0 Å². The van der Waals surface area contributed by atoms with E-state index < -0.39 is 5.97 Å². The molecule has 0 amide bonds. The predicted molar refractivity (Wildman–Crippen MR) is 170 cm³/mol. The average molecular weight is 535 g/mol. The molecule has 38 heavy (non-hydrogen) atoms. The third kappa shape index (κ3) is 31.4. The number of carbonyl (C=O) groups is 1. The van der Waals surface area contributed by atoms with E-state index in [0.717, 1.165) is 18.8 Å². The fourth-order valence-corrected chi connectivity index (χ4v) is 5.74. The fourth-order valence-electron chi connectivity index (χ4n) is 5.74. The van der Waals surface area contributed by atoms with Gasteiger partial charge in [0.15, 0.2) is 0 Å². The predicted octanol–water partition coefficient (Wildman–Crippen LogP) is 13.0. The molecule has 0 aromatic carbocycles. The van der Waals surface area contributed by atoms with Gasteiger partial charge < -0.3 is 5.11 Å². The summed E-state index contributed by atoms with van der Waals surface area (Å²) in [6.45, 7) is 4.63. The highest BCUT2D eigenvalue weighted by Gasteiger charge is 2.08. The number of allylic oxidation sites excluding steroid dienone is 2. The van der Waals surface area contributed by atoms with E-state index in [1.165, 1.54) is 173 Å². The molecule has 0 fully saturated rings. The van der Waals surface area contributed by atoms with Gasteiger partial charge in [-0.2, -0.15) is 0 Å². The Morgan fingerprint density at radius 1 is 0.474 bits per heavy atom. The number of rotatable bonds is 32. The van der Waals surface area contributed by atoms with Crippen molar-refractivity contribution in [1.29, 1.82) is 0 Å². The Morgan fingerprint density at radius 2 is 0.789 bits per heavy atom. The highest BCUT2D eigenvalue weighted by Crippen LogP contribution is 2.24. The Bertz CT molecular complexity index is 484. The Kier molecular flexibility index (Phi) is 31.7. The molecule has 0 aromatic heterocycles. The van der Waals surface area contributed by atoms with Crippen LogP contribution in [0.5, 0.6) is 0 Å². The van der Waals surface area contributed by atoms with Crippen LogP contribution in [-0.4, -0.2) is 11.1 Å². The molecule has 0 rings (SSSR count). The Morgan fingerprint density at radius 3 is 1.18 bits per heavy atom. The lowest BCUT2D eigenvalue weighted by atomic mass is 9.89. The maximum atomic E-state index is 10.5. The average Bonchev–Trinajstić information content (AvgIpc) is 2.91. The van der Waals surface area contributed by atoms with Crippen LogP contribution in [0.3, 0.4) is 0 Å². The zero-order valence-corrected chi connectivity index (χ0v) is 26.3. The van der Waals surface area contributed by atoms with E-state index in [9.17, 15) is 4.79 Å². The first kappa shape index (κ1) is 37.2. The molecule has 2 nitrogen and oxygen atoms in total. The lowest BCUT2D eigenvalue weighted by molar-refractivity contribution is -0.137. The van der Waals surface area contributed by atoms with Gasteiger partial charge in [0.05, 0.1) is 0 Å². The van der Waals surface area contributed by atoms with Gasteiger partial charge in [0.25, 0.3) is 0 Å². The van der Waals surface area contributed by atoms with Crippen LogP contribution in [0.4, 0.5) is 0 Å². The van der Waals surface area contributed by atoms with Crippen molar-refractivity contribution >= 4 is 5.97 Å². The molecule has 0 saturated carbocycles. The maximum Gasteiger partial charge on any atom is 0.303 e. The second-order valence-electron chi connectivity index (χ2n) is 12.2. The molecule has 1 atom stereocenters. The second kappa shape index (κ2) is 32.4. The van der Waals surface area contributed by atoms with Crippen LogP contribution in [-0.2, 0) is 4.79 Å². The van der Waals surface area contributed by atoms with E-state index in [-0.39, 0.29) is 0 Å². The van der Waals surface area contributed by atoms with E-state index >= 15 is 0 Å². The standard InChI is InChI=1S/C36H70O2/c1-3-5-7-9-10-18-21-24-28-32-35(31-27-8-6-4-2)33-29-25-22-19-16-14-12-11-13-15-17-20-23-26-30-34-36(37)38/h11,13,35H,3-10,12,14-34H2,1-2H3,(H,37,38). The molecular weight excluding hydrogens is 464 g/mol. The molecule has 1 N–H and O–H groups in total. The van der Waals surface area contributed by atoms with Crippen molar-refractivity contribution in [1.82, 2.24) is 0 Å². The van der Waals surface area contributed by atoms with Gasteiger partial charge in [-0.15, -0.1) is 0 Å². The van der Waals surface area contributed by atoms with Gasteiger partial charge in [0.1, 0.15) is 0 Å². The molecule has 0 bridgehead atoms. The quantitative estimate of drug-likeness (QED) is 0.0688. The van der Waals surface area contributed by atoms with Crippen LogP contribution in [0.25, 0.3) is 0 Å². The van der Waals surface area contributed by atoms with E-state index in [1.54, 1.807) is 0 Å². The number of carboxylic acid groups (broad SMARTS) is 1. The normalized spacial score (nSPS) is 12.5. The Hall–Kier alpha value is -0.790. The molecule has 2 heteroatoms. The lowest BCUT2D eigenvalue weighted by Gasteiger charge is -2.17. The molecule has 1 unspecified atom stereocenters. The number of aliphatic carboxylic acids is 1. The summed E-state index contributed by atoms with van der Waals surface area (Å²) < 4.78 is 0. The summed E-state index contributed by atoms with van der Waals surface area (Å²) in [5.74, 6) is 0.348. The summed E-state index contributed by atoms with van der Waals surface area (Å²) in [7, 11) is 0. The van der Waals surface area contributed by atoms with Gasteiger partial charge in [-0.05, 0) is 38.0 Å². The Balaban J connectivity index is 3.65. The summed E-state index contributed by atoms with van der Waals surface area (Å²) in [6, 6.07) is 0. The minimum atomic E-state index is -0.658. The largest absolute Gasteiger partial charge is 0.481 e. The highest BCUT2D eigenvalue weighted by molar-refractivity contribution is 5.66. The highest BCUT2D eigenvalue weighted by atomic mass is 16.4. The van der Waals surface area contributed by atoms with Crippen molar-refractivity contribution < 1.29 is 9.90 Å². The lowest BCUT2D eigenvalue weighted by Crippen LogP contribution is -2.01. The first-order valence-electron chi connectivity index (χ1n) is 17.6. The molecule has 0 aliphatic heterocycles. The van der Waals surface area contributed by atoms with Gasteiger partial charge >= 0.3 is 5.97 Å². The second-order valence-corrected chi connectivity index (χ2v) is 12.2. The van der Waals surface area contributed by atoms with Crippen molar-refractivity contribution in [2.45, 2.75) is 206 Å². The zero-order chi connectivity index (χ0) is 27.8. The summed E-state index contributed by atoms with van der Waals surface area (Å²) >= 11 is 0. The van der Waals surface area contributed by atoms with E-state index in [1.807, 2.05) is 0 Å². The van der Waals surface area contributed by atoms with Crippen LogP contribution in [0.15, 0.2) is 12.2 Å². The summed E-state index contributed by atoms with van der Waals surface area (Å²) in [6.07, 6.45) is 44.9. The molecule has 0 spiro atoms. The van der Waals surface area contributed by atoms with Crippen LogP contribution < -0.4 is 0 Å². The molecule has 0 aromatic rings. The van der Waals surface area contributed by atoms with Crippen LogP contribution >= 0.6 is 0 Å². The first-order chi connectivity index (χ1) is 18.7. The monoisotopic (exact) mass is 535 g/mol. The molecule has 0 radical (unpaired) electrons. The smallest absolute Gasteiger partial charge is 0.303 e. The zero-order valence-electron chi connectivity index (χ0n) is 26.3. The fraction of sp³-hybridized carbons (Fsp3) is 0.917. The van der Waals surface area contributed by atoms with Crippen molar-refractivity contribution in [3.05, 3.63) is 12.2 Å². The molecule has 0 heterocycles. The first-order valence-corrected chi connectivity index (χ1v) is 17.6. The van der Waals surface area contributed by atoms with Crippen LogP contribution in [0.1, 0.15) is 206 Å². The van der Waals surface area contributed by atoms with Crippen molar-refractivity contribution in [2.75, 3.05) is 0 Å². The summed E-state index contributed by atoms with van der Waals surface area (Å²) in [5.41, 5.74) is 0. The summed E-state index contributed by atoms with van der Waals surface area (Å²) in [4.78, 5) is 10.5. The Labute approximate surface area is 240 Å². The maximum absolute atomic E-state index is 10.5. The number of unbranched alkanes of at least 4 members (excludes halogenated alkanes) is 22. The van der Waals surface area contributed by atoms with Crippen molar-refractivity contribution in [3.8, 4) is 0 Å². The molecule has 0 saturated heterocycles. The number of carboxylic acids is 1. The number of hydrogen-bond donors (Lipinski definition) is 1. The third-order valence-corrected chi connectivity index (χ3v) is 8.34. The topological polar surface area (TPSA) is 37.3 Å². The van der Waals surface area contributed by atoms with Crippen molar-refractivity contribution in [3.63, 3.8) is 0 Å². The van der Waals surface area contributed by atoms with Gasteiger partial charge in [-0.25, -0.2) is 0 Å². The minimum absolute atomic E-state index is 0.332. The van der Waals surface area contributed by atoms with Gasteiger partial charge in [0, 0.05) is 6.42 Å². The van der Waals surface area contributed by atoms with E-state index in [0.29, 0.717) is 6.42 Å². The van der Waals surface area contributed by atoms with Crippen molar-refractivity contribution in [2.24, 2.45) is 5.92 Å².